The Hall–Kier alpha value is -1.39. The molecule has 2 unspecified atom stereocenters. The van der Waals surface area contributed by atoms with Crippen molar-refractivity contribution < 1.29 is 4.74 Å². The Labute approximate surface area is 124 Å². The van der Waals surface area contributed by atoms with Crippen molar-refractivity contribution in [1.82, 2.24) is 10.3 Å². The number of nitrogens with zero attached hydrogens (tertiary/aromatic N) is 1. The van der Waals surface area contributed by atoms with Crippen LogP contribution >= 0.6 is 11.3 Å². The number of hydrogen-bond donors (Lipinski definition) is 1. The van der Waals surface area contributed by atoms with Gasteiger partial charge in [-0.25, -0.2) is 0 Å². The molecule has 0 aromatic carbocycles. The number of fused-ring (bicyclic) bond motifs is 1. The van der Waals surface area contributed by atoms with Gasteiger partial charge in [0.15, 0.2) is 0 Å². The number of ether oxygens (including phenoxy) is 1. The highest BCUT2D eigenvalue weighted by atomic mass is 32.1. The van der Waals surface area contributed by atoms with Gasteiger partial charge in [0, 0.05) is 17.8 Å². The molecule has 3 nitrogen and oxygen atoms in total. The minimum Gasteiger partial charge on any atom is -0.496 e. The molecule has 2 aromatic heterocycles. The number of pyridine rings is 1. The molecule has 1 aliphatic carbocycles. The Morgan fingerprint density at radius 3 is 3.20 bits per heavy atom. The normalized spacial score (nSPS) is 18.8. The highest BCUT2D eigenvalue weighted by molar-refractivity contribution is 7.10. The highest BCUT2D eigenvalue weighted by Gasteiger charge is 2.33. The standard InChI is InChI=1S/C16H20N2OS/c1-3-17-15(16-13(19-2)8-10-20-16)12-7-6-11-5-4-9-18-14(11)12/h4-5,8-10,12,15,17H,3,6-7H2,1-2H3. The Kier molecular flexibility index (Phi) is 4.03. The molecule has 0 fully saturated rings. The predicted octanol–water partition coefficient (Wildman–Crippen LogP) is 3.53. The smallest absolute Gasteiger partial charge is 0.134 e. The molecule has 0 spiro atoms. The van der Waals surface area contributed by atoms with Crippen LogP contribution in [-0.2, 0) is 6.42 Å². The van der Waals surface area contributed by atoms with Gasteiger partial charge < -0.3 is 10.1 Å². The maximum atomic E-state index is 5.51. The van der Waals surface area contributed by atoms with Crippen molar-refractivity contribution in [3.63, 3.8) is 0 Å². The number of nitrogens with one attached hydrogen (secondary N) is 1. The second-order valence-corrected chi connectivity index (χ2v) is 6.03. The van der Waals surface area contributed by atoms with E-state index >= 15 is 0 Å². The van der Waals surface area contributed by atoms with Crippen molar-refractivity contribution in [2.24, 2.45) is 0 Å². The number of thiophene rings is 1. The molecule has 0 saturated carbocycles. The summed E-state index contributed by atoms with van der Waals surface area (Å²) < 4.78 is 5.51. The second-order valence-electron chi connectivity index (χ2n) is 5.08. The molecule has 2 heterocycles. The fraction of sp³-hybridized carbons (Fsp3) is 0.438. The first-order valence-corrected chi connectivity index (χ1v) is 8.01. The maximum Gasteiger partial charge on any atom is 0.134 e. The van der Waals surface area contributed by atoms with Crippen molar-refractivity contribution in [3.8, 4) is 5.75 Å². The molecule has 0 radical (unpaired) electrons. The minimum absolute atomic E-state index is 0.297. The summed E-state index contributed by atoms with van der Waals surface area (Å²) in [5.41, 5.74) is 2.66. The fourth-order valence-electron chi connectivity index (χ4n) is 3.11. The number of likely N-dealkylation sites (N-methyl/N-ethyl adjacent to an activating group) is 1. The van der Waals surface area contributed by atoms with E-state index in [-0.39, 0.29) is 0 Å². The molecule has 20 heavy (non-hydrogen) atoms. The van der Waals surface area contributed by atoms with Gasteiger partial charge in [0.05, 0.1) is 18.0 Å². The fourth-order valence-corrected chi connectivity index (χ4v) is 4.11. The van der Waals surface area contributed by atoms with Gasteiger partial charge in [-0.05, 0) is 42.5 Å². The Bertz CT molecular complexity index is 581. The van der Waals surface area contributed by atoms with E-state index in [1.807, 2.05) is 12.3 Å². The predicted molar refractivity (Wildman–Crippen MR) is 82.6 cm³/mol. The van der Waals surface area contributed by atoms with E-state index in [0.29, 0.717) is 12.0 Å². The first-order valence-electron chi connectivity index (χ1n) is 7.13. The number of methoxy groups -OCH3 is 1. The molecule has 0 bridgehead atoms. The third-order valence-corrected chi connectivity index (χ3v) is 4.97. The topological polar surface area (TPSA) is 34.1 Å². The molecular formula is C16H20N2OS. The third-order valence-electron chi connectivity index (χ3n) is 3.99. The summed E-state index contributed by atoms with van der Waals surface area (Å²) in [4.78, 5) is 5.92. The van der Waals surface area contributed by atoms with Crippen LogP contribution in [0.5, 0.6) is 5.75 Å². The third kappa shape index (κ3) is 2.34. The largest absolute Gasteiger partial charge is 0.496 e. The van der Waals surface area contributed by atoms with E-state index in [1.165, 1.54) is 16.1 Å². The van der Waals surface area contributed by atoms with Crippen molar-refractivity contribution in [2.75, 3.05) is 13.7 Å². The number of hydrogen-bond acceptors (Lipinski definition) is 4. The summed E-state index contributed by atoms with van der Waals surface area (Å²) in [5, 5.41) is 5.74. The van der Waals surface area contributed by atoms with Crippen molar-refractivity contribution in [2.45, 2.75) is 31.7 Å². The zero-order valence-electron chi connectivity index (χ0n) is 11.9. The average molecular weight is 288 g/mol. The summed E-state index contributed by atoms with van der Waals surface area (Å²) in [6.07, 6.45) is 4.19. The van der Waals surface area contributed by atoms with Crippen LogP contribution in [-0.4, -0.2) is 18.6 Å². The van der Waals surface area contributed by atoms with Gasteiger partial charge in [-0.3, -0.25) is 4.98 Å². The van der Waals surface area contributed by atoms with E-state index in [9.17, 15) is 0 Å². The Balaban J connectivity index is 1.96. The lowest BCUT2D eigenvalue weighted by molar-refractivity contribution is 0.390. The van der Waals surface area contributed by atoms with Gasteiger partial charge in [-0.15, -0.1) is 11.3 Å². The van der Waals surface area contributed by atoms with Crippen LogP contribution in [0.25, 0.3) is 0 Å². The first-order chi connectivity index (χ1) is 9.85. The molecule has 3 rings (SSSR count). The van der Waals surface area contributed by atoms with E-state index in [2.05, 4.69) is 34.7 Å². The summed E-state index contributed by atoms with van der Waals surface area (Å²) in [5.74, 6) is 1.43. The SMILES string of the molecule is CCNC(c1sccc1OC)C1CCc2cccnc21. The molecule has 1 N–H and O–H groups in total. The number of rotatable bonds is 5. The average Bonchev–Trinajstić information content (AvgIpc) is 3.11. The van der Waals surface area contributed by atoms with Gasteiger partial charge in [-0.2, -0.15) is 0 Å². The van der Waals surface area contributed by atoms with Crippen LogP contribution in [0, 0.1) is 0 Å². The van der Waals surface area contributed by atoms with E-state index in [1.54, 1.807) is 18.4 Å². The van der Waals surface area contributed by atoms with Crippen LogP contribution in [0.2, 0.25) is 0 Å². The van der Waals surface area contributed by atoms with Gasteiger partial charge in [0.1, 0.15) is 5.75 Å². The van der Waals surface area contributed by atoms with Gasteiger partial charge >= 0.3 is 0 Å². The quantitative estimate of drug-likeness (QED) is 0.914. The first kappa shape index (κ1) is 13.6. The van der Waals surface area contributed by atoms with E-state index in [4.69, 9.17) is 4.74 Å². The summed E-state index contributed by atoms with van der Waals surface area (Å²) >= 11 is 1.77. The van der Waals surface area contributed by atoms with Gasteiger partial charge in [-0.1, -0.05) is 13.0 Å². The second kappa shape index (κ2) is 5.94. The Morgan fingerprint density at radius 2 is 2.40 bits per heavy atom. The summed E-state index contributed by atoms with van der Waals surface area (Å²) in [7, 11) is 1.75. The van der Waals surface area contributed by atoms with Crippen molar-refractivity contribution in [1.29, 1.82) is 0 Å². The lowest BCUT2D eigenvalue weighted by Crippen LogP contribution is -2.26. The molecule has 0 saturated heterocycles. The molecule has 1 aliphatic rings. The zero-order valence-corrected chi connectivity index (χ0v) is 12.7. The van der Waals surface area contributed by atoms with Gasteiger partial charge in [0.2, 0.25) is 0 Å². The van der Waals surface area contributed by atoms with Crippen molar-refractivity contribution in [3.05, 3.63) is 45.9 Å². The molecule has 2 atom stereocenters. The van der Waals surface area contributed by atoms with Crippen LogP contribution in [0.3, 0.4) is 0 Å². The number of aryl methyl sites for hydroxylation is 1. The lowest BCUT2D eigenvalue weighted by Gasteiger charge is -2.24. The molecule has 2 aromatic rings. The van der Waals surface area contributed by atoms with E-state index < -0.39 is 0 Å². The van der Waals surface area contributed by atoms with E-state index in [0.717, 1.165) is 25.1 Å². The van der Waals surface area contributed by atoms with Crippen LogP contribution in [0.4, 0.5) is 0 Å². The zero-order chi connectivity index (χ0) is 13.9. The number of aromatic nitrogens is 1. The van der Waals surface area contributed by atoms with Crippen LogP contribution < -0.4 is 10.1 Å². The molecule has 0 aliphatic heterocycles. The minimum atomic E-state index is 0.297. The molecule has 4 heteroatoms. The Morgan fingerprint density at radius 1 is 1.50 bits per heavy atom. The molecular weight excluding hydrogens is 268 g/mol. The van der Waals surface area contributed by atoms with Crippen molar-refractivity contribution >= 4 is 11.3 Å². The van der Waals surface area contributed by atoms with Crippen LogP contribution in [0.1, 0.15) is 41.4 Å². The molecule has 106 valence electrons. The summed E-state index contributed by atoms with van der Waals surface area (Å²) in [6.45, 7) is 3.10. The maximum absolute atomic E-state index is 5.51. The summed E-state index contributed by atoms with van der Waals surface area (Å²) in [6, 6.07) is 6.59. The highest BCUT2D eigenvalue weighted by Crippen LogP contribution is 2.44. The molecule has 0 amide bonds. The van der Waals surface area contributed by atoms with Gasteiger partial charge in [0.25, 0.3) is 0 Å². The van der Waals surface area contributed by atoms with Crippen LogP contribution in [0.15, 0.2) is 29.8 Å². The monoisotopic (exact) mass is 288 g/mol. The lowest BCUT2D eigenvalue weighted by atomic mass is 9.95.